The van der Waals surface area contributed by atoms with Crippen LogP contribution in [0.5, 0.6) is 0 Å². The van der Waals surface area contributed by atoms with Gasteiger partial charge in [-0.2, -0.15) is 0 Å². The van der Waals surface area contributed by atoms with Crippen molar-refractivity contribution in [2.75, 3.05) is 18.5 Å². The van der Waals surface area contributed by atoms with Crippen LogP contribution in [-0.2, 0) is 0 Å². The number of aromatic nitrogens is 2. The molecule has 2 rings (SSSR count). The van der Waals surface area contributed by atoms with Gasteiger partial charge >= 0.3 is 0 Å². The molecule has 0 aromatic carbocycles. The summed E-state index contributed by atoms with van der Waals surface area (Å²) < 4.78 is 0. The molecule has 2 atom stereocenters. The van der Waals surface area contributed by atoms with Gasteiger partial charge in [-0.1, -0.05) is 6.42 Å². The molecule has 0 radical (unpaired) electrons. The van der Waals surface area contributed by atoms with E-state index in [1.807, 2.05) is 20.0 Å². The van der Waals surface area contributed by atoms with Crippen LogP contribution in [-0.4, -0.2) is 29.6 Å². The van der Waals surface area contributed by atoms with Gasteiger partial charge in [-0.15, -0.1) is 0 Å². The molecule has 4 nitrogen and oxygen atoms in total. The summed E-state index contributed by atoms with van der Waals surface area (Å²) in [7, 11) is 2.12. The van der Waals surface area contributed by atoms with E-state index in [4.69, 9.17) is 5.73 Å². The molecule has 2 unspecified atom stereocenters. The fourth-order valence-electron chi connectivity index (χ4n) is 2.82. The standard InChI is InChI=1S/C13H22N4/c1-9-8-15-10(2)13(16-9)17(3)12-6-4-5-11(12)7-14/h8,11-12H,4-7,14H2,1-3H3. The van der Waals surface area contributed by atoms with Crippen molar-refractivity contribution in [3.63, 3.8) is 0 Å². The van der Waals surface area contributed by atoms with Crippen LogP contribution in [0.4, 0.5) is 5.82 Å². The van der Waals surface area contributed by atoms with Crippen molar-refractivity contribution in [2.45, 2.75) is 39.2 Å². The van der Waals surface area contributed by atoms with E-state index in [-0.39, 0.29) is 0 Å². The Bertz CT molecular complexity index is 391. The summed E-state index contributed by atoms with van der Waals surface area (Å²) >= 11 is 0. The first kappa shape index (κ1) is 12.3. The first-order valence-corrected chi connectivity index (χ1v) is 6.36. The second-order valence-corrected chi connectivity index (χ2v) is 5.03. The zero-order chi connectivity index (χ0) is 12.4. The van der Waals surface area contributed by atoms with Crippen molar-refractivity contribution in [3.8, 4) is 0 Å². The van der Waals surface area contributed by atoms with E-state index in [1.54, 1.807) is 0 Å². The maximum Gasteiger partial charge on any atom is 0.150 e. The minimum atomic E-state index is 0.523. The van der Waals surface area contributed by atoms with Crippen LogP contribution < -0.4 is 10.6 Å². The number of anilines is 1. The lowest BCUT2D eigenvalue weighted by atomic mass is 10.0. The summed E-state index contributed by atoms with van der Waals surface area (Å²) in [5.41, 5.74) is 7.82. The monoisotopic (exact) mass is 234 g/mol. The summed E-state index contributed by atoms with van der Waals surface area (Å²) in [6.45, 7) is 4.77. The molecule has 1 aromatic heterocycles. The van der Waals surface area contributed by atoms with E-state index in [0.717, 1.165) is 23.8 Å². The van der Waals surface area contributed by atoms with E-state index in [9.17, 15) is 0 Å². The van der Waals surface area contributed by atoms with E-state index in [0.29, 0.717) is 12.0 Å². The Kier molecular flexibility index (Phi) is 3.62. The lowest BCUT2D eigenvalue weighted by molar-refractivity contribution is 0.471. The molecule has 1 fully saturated rings. The molecular formula is C13H22N4. The molecule has 1 aliphatic carbocycles. The van der Waals surface area contributed by atoms with E-state index in [2.05, 4.69) is 21.9 Å². The summed E-state index contributed by atoms with van der Waals surface area (Å²) in [5.74, 6) is 1.61. The SMILES string of the molecule is Cc1cnc(C)c(N(C)C2CCCC2CN)n1. The average molecular weight is 234 g/mol. The number of hydrogen-bond acceptors (Lipinski definition) is 4. The predicted octanol–water partition coefficient (Wildman–Crippen LogP) is 1.66. The number of aryl methyl sites for hydroxylation is 2. The predicted molar refractivity (Wildman–Crippen MR) is 70.1 cm³/mol. The lowest BCUT2D eigenvalue weighted by Crippen LogP contribution is -2.38. The molecule has 0 bridgehead atoms. The Morgan fingerprint density at radius 2 is 2.18 bits per heavy atom. The Labute approximate surface area is 103 Å². The minimum absolute atomic E-state index is 0.523. The van der Waals surface area contributed by atoms with Crippen molar-refractivity contribution in [1.29, 1.82) is 0 Å². The largest absolute Gasteiger partial charge is 0.355 e. The zero-order valence-electron chi connectivity index (χ0n) is 11.0. The van der Waals surface area contributed by atoms with Crippen molar-refractivity contribution in [3.05, 3.63) is 17.6 Å². The average Bonchev–Trinajstić information content (AvgIpc) is 2.79. The maximum absolute atomic E-state index is 5.85. The van der Waals surface area contributed by atoms with Gasteiger partial charge in [0.15, 0.2) is 0 Å². The van der Waals surface area contributed by atoms with Crippen LogP contribution in [0, 0.1) is 19.8 Å². The van der Waals surface area contributed by atoms with E-state index >= 15 is 0 Å². The highest BCUT2D eigenvalue weighted by Gasteiger charge is 2.30. The first-order valence-electron chi connectivity index (χ1n) is 6.36. The van der Waals surface area contributed by atoms with Gasteiger partial charge in [0, 0.05) is 19.3 Å². The van der Waals surface area contributed by atoms with Gasteiger partial charge in [-0.05, 0) is 39.2 Å². The van der Waals surface area contributed by atoms with Gasteiger partial charge < -0.3 is 10.6 Å². The smallest absolute Gasteiger partial charge is 0.150 e. The molecule has 0 spiro atoms. The summed E-state index contributed by atoms with van der Waals surface area (Å²) in [6.07, 6.45) is 5.55. The molecular weight excluding hydrogens is 212 g/mol. The molecule has 1 saturated carbocycles. The van der Waals surface area contributed by atoms with E-state index < -0.39 is 0 Å². The molecule has 4 heteroatoms. The third-order valence-electron chi connectivity index (χ3n) is 3.80. The molecule has 0 aliphatic heterocycles. The van der Waals surface area contributed by atoms with Crippen LogP contribution in [0.25, 0.3) is 0 Å². The molecule has 1 heterocycles. The highest BCUT2D eigenvalue weighted by Crippen LogP contribution is 2.31. The Morgan fingerprint density at radius 1 is 1.41 bits per heavy atom. The topological polar surface area (TPSA) is 55.0 Å². The summed E-state index contributed by atoms with van der Waals surface area (Å²) in [5, 5.41) is 0. The second-order valence-electron chi connectivity index (χ2n) is 5.03. The van der Waals surface area contributed by atoms with Gasteiger partial charge in [0.1, 0.15) is 5.82 Å². The zero-order valence-corrected chi connectivity index (χ0v) is 11.0. The van der Waals surface area contributed by atoms with E-state index in [1.165, 1.54) is 19.3 Å². The van der Waals surface area contributed by atoms with Gasteiger partial charge in [0.2, 0.25) is 0 Å². The highest BCUT2D eigenvalue weighted by atomic mass is 15.2. The fourth-order valence-corrected chi connectivity index (χ4v) is 2.82. The summed E-state index contributed by atoms with van der Waals surface area (Å²) in [4.78, 5) is 11.3. The molecule has 1 aromatic rings. The number of rotatable bonds is 3. The quantitative estimate of drug-likeness (QED) is 0.864. The number of nitrogens with zero attached hydrogens (tertiary/aromatic N) is 3. The van der Waals surface area contributed by atoms with Crippen LogP contribution in [0.15, 0.2) is 6.20 Å². The molecule has 0 saturated heterocycles. The Balaban J connectivity index is 2.24. The van der Waals surface area contributed by atoms with Crippen molar-refractivity contribution >= 4 is 5.82 Å². The molecule has 17 heavy (non-hydrogen) atoms. The molecule has 1 aliphatic rings. The van der Waals surface area contributed by atoms with Gasteiger partial charge in [0.25, 0.3) is 0 Å². The lowest BCUT2D eigenvalue weighted by Gasteiger charge is -2.31. The third kappa shape index (κ3) is 2.41. The fraction of sp³-hybridized carbons (Fsp3) is 0.692. The van der Waals surface area contributed by atoms with Crippen LogP contribution >= 0.6 is 0 Å². The number of nitrogens with two attached hydrogens (primary N) is 1. The van der Waals surface area contributed by atoms with Gasteiger partial charge in [-0.3, -0.25) is 4.98 Å². The van der Waals surface area contributed by atoms with Crippen molar-refractivity contribution < 1.29 is 0 Å². The van der Waals surface area contributed by atoms with Crippen LogP contribution in [0.3, 0.4) is 0 Å². The number of hydrogen-bond donors (Lipinski definition) is 1. The second kappa shape index (κ2) is 5.00. The normalized spacial score (nSPS) is 24.0. The van der Waals surface area contributed by atoms with Crippen LogP contribution in [0.1, 0.15) is 30.7 Å². The highest BCUT2D eigenvalue weighted by molar-refractivity contribution is 5.44. The van der Waals surface area contributed by atoms with Crippen molar-refractivity contribution in [1.82, 2.24) is 9.97 Å². The molecule has 0 amide bonds. The van der Waals surface area contributed by atoms with Gasteiger partial charge in [0.05, 0.1) is 11.4 Å². The van der Waals surface area contributed by atoms with Crippen LogP contribution in [0.2, 0.25) is 0 Å². The summed E-state index contributed by atoms with van der Waals surface area (Å²) in [6, 6.07) is 0.523. The Hall–Kier alpha value is -1.16. The Morgan fingerprint density at radius 3 is 2.88 bits per heavy atom. The minimum Gasteiger partial charge on any atom is -0.355 e. The molecule has 2 N–H and O–H groups in total. The maximum atomic E-state index is 5.85. The van der Waals surface area contributed by atoms with Crippen molar-refractivity contribution in [2.24, 2.45) is 11.7 Å². The van der Waals surface area contributed by atoms with Gasteiger partial charge in [-0.25, -0.2) is 4.98 Å². The first-order chi connectivity index (χ1) is 8.13. The third-order valence-corrected chi connectivity index (χ3v) is 3.80. The molecule has 94 valence electrons.